The van der Waals surface area contributed by atoms with E-state index in [4.69, 9.17) is 0 Å². The summed E-state index contributed by atoms with van der Waals surface area (Å²) >= 11 is 4.25. The van der Waals surface area contributed by atoms with Crippen LogP contribution < -0.4 is 10.6 Å². The number of benzene rings is 2. The van der Waals surface area contributed by atoms with Gasteiger partial charge in [0.15, 0.2) is 0 Å². The van der Waals surface area contributed by atoms with Gasteiger partial charge in [0.1, 0.15) is 0 Å². The molecule has 2 amide bonds. The molecule has 0 unspecified atom stereocenters. The van der Waals surface area contributed by atoms with E-state index < -0.39 is 0 Å². The summed E-state index contributed by atoms with van der Waals surface area (Å²) in [5.74, 6) is -0.202. The normalized spacial score (nSPS) is 10.1. The first-order chi connectivity index (χ1) is 11.2. The molecule has 0 fully saturated rings. The predicted molar refractivity (Wildman–Crippen MR) is 93.8 cm³/mol. The van der Waals surface area contributed by atoms with Crippen LogP contribution in [0.3, 0.4) is 0 Å². The number of aryl methyl sites for hydroxylation is 1. The van der Waals surface area contributed by atoms with E-state index in [0.29, 0.717) is 36.4 Å². The second kappa shape index (κ2) is 9.00. The first kappa shape index (κ1) is 17.1. The molecule has 0 heterocycles. The summed E-state index contributed by atoms with van der Waals surface area (Å²) in [4.78, 5) is 24.3. The highest BCUT2D eigenvalue weighted by atomic mass is 32.1. The van der Waals surface area contributed by atoms with Crippen LogP contribution in [0.1, 0.15) is 22.3 Å². The third-order valence-corrected chi connectivity index (χ3v) is 3.75. The van der Waals surface area contributed by atoms with Crippen LogP contribution in [0.4, 0.5) is 0 Å². The second-order valence-electron chi connectivity index (χ2n) is 5.11. The molecule has 0 saturated heterocycles. The highest BCUT2D eigenvalue weighted by molar-refractivity contribution is 7.80. The Balaban J connectivity index is 1.64. The van der Waals surface area contributed by atoms with Crippen molar-refractivity contribution in [1.82, 2.24) is 10.6 Å². The molecular weight excluding hydrogens is 308 g/mol. The molecule has 0 atom stereocenters. The molecule has 120 valence electrons. The summed E-state index contributed by atoms with van der Waals surface area (Å²) < 4.78 is 0. The van der Waals surface area contributed by atoms with Crippen LogP contribution in [0.15, 0.2) is 59.5 Å². The lowest BCUT2D eigenvalue weighted by atomic mass is 10.1. The monoisotopic (exact) mass is 328 g/mol. The van der Waals surface area contributed by atoms with Gasteiger partial charge in [0.25, 0.3) is 5.91 Å². The average Bonchev–Trinajstić information content (AvgIpc) is 2.58. The summed E-state index contributed by atoms with van der Waals surface area (Å²) in [5, 5.41) is 5.57. The van der Waals surface area contributed by atoms with Gasteiger partial charge in [-0.1, -0.05) is 42.5 Å². The second-order valence-corrected chi connectivity index (χ2v) is 5.59. The van der Waals surface area contributed by atoms with Crippen molar-refractivity contribution in [3.63, 3.8) is 0 Å². The van der Waals surface area contributed by atoms with Crippen LogP contribution in [-0.2, 0) is 11.2 Å². The van der Waals surface area contributed by atoms with Gasteiger partial charge in [0, 0.05) is 24.4 Å². The number of nitrogens with one attached hydrogen (secondary N) is 2. The number of rotatable bonds is 7. The molecule has 5 heteroatoms. The van der Waals surface area contributed by atoms with Gasteiger partial charge >= 0.3 is 0 Å². The zero-order valence-corrected chi connectivity index (χ0v) is 13.7. The lowest BCUT2D eigenvalue weighted by Crippen LogP contribution is -2.34. The largest absolute Gasteiger partial charge is 0.354 e. The van der Waals surface area contributed by atoms with Gasteiger partial charge in [0.05, 0.1) is 5.56 Å². The van der Waals surface area contributed by atoms with E-state index in [2.05, 4.69) is 23.3 Å². The number of thiol groups is 1. The van der Waals surface area contributed by atoms with Gasteiger partial charge in [0.2, 0.25) is 5.91 Å². The van der Waals surface area contributed by atoms with Crippen LogP contribution in [0, 0.1) is 0 Å². The Hall–Kier alpha value is -2.27. The predicted octanol–water partition coefficient (Wildman–Crippen LogP) is 2.45. The van der Waals surface area contributed by atoms with Crippen molar-refractivity contribution in [3.05, 3.63) is 65.7 Å². The van der Waals surface area contributed by atoms with Crippen molar-refractivity contribution in [1.29, 1.82) is 0 Å². The van der Waals surface area contributed by atoms with Crippen LogP contribution in [-0.4, -0.2) is 24.9 Å². The first-order valence-electron chi connectivity index (χ1n) is 7.53. The van der Waals surface area contributed by atoms with Crippen molar-refractivity contribution >= 4 is 24.4 Å². The quantitative estimate of drug-likeness (QED) is 0.540. The van der Waals surface area contributed by atoms with E-state index in [0.717, 1.165) is 5.56 Å². The van der Waals surface area contributed by atoms with E-state index in [1.165, 1.54) is 0 Å². The third-order valence-electron chi connectivity index (χ3n) is 3.36. The maximum Gasteiger partial charge on any atom is 0.252 e. The molecule has 4 nitrogen and oxygen atoms in total. The Bertz CT molecular complexity index is 659. The van der Waals surface area contributed by atoms with Gasteiger partial charge < -0.3 is 10.6 Å². The molecule has 0 bridgehead atoms. The van der Waals surface area contributed by atoms with Gasteiger partial charge in [-0.15, -0.1) is 12.6 Å². The SMILES string of the molecule is O=C(CCc1ccccc1)NCCNC(=O)c1ccccc1S. The third kappa shape index (κ3) is 5.79. The minimum Gasteiger partial charge on any atom is -0.354 e. The Labute approximate surface area is 141 Å². The highest BCUT2D eigenvalue weighted by Gasteiger charge is 2.08. The maximum absolute atomic E-state index is 11.9. The molecule has 0 spiro atoms. The number of carbonyl (C=O) groups is 2. The van der Waals surface area contributed by atoms with Crippen molar-refractivity contribution < 1.29 is 9.59 Å². The number of hydrogen-bond donors (Lipinski definition) is 3. The Morgan fingerprint density at radius 1 is 0.870 bits per heavy atom. The van der Waals surface area contributed by atoms with Crippen molar-refractivity contribution in [2.45, 2.75) is 17.7 Å². The van der Waals surface area contributed by atoms with Gasteiger partial charge in [-0.25, -0.2) is 0 Å². The highest BCUT2D eigenvalue weighted by Crippen LogP contribution is 2.12. The van der Waals surface area contributed by atoms with Crippen molar-refractivity contribution in [2.24, 2.45) is 0 Å². The molecule has 2 rings (SSSR count). The van der Waals surface area contributed by atoms with Crippen LogP contribution >= 0.6 is 12.6 Å². The molecule has 2 aromatic rings. The molecule has 23 heavy (non-hydrogen) atoms. The number of amides is 2. The fourth-order valence-corrected chi connectivity index (χ4v) is 2.39. The lowest BCUT2D eigenvalue weighted by molar-refractivity contribution is -0.121. The minimum atomic E-state index is -0.186. The standard InChI is InChI=1S/C18H20N2O2S/c21-17(11-10-14-6-2-1-3-7-14)19-12-13-20-18(22)15-8-4-5-9-16(15)23/h1-9,23H,10-13H2,(H,19,21)(H,20,22). The van der Waals surface area contributed by atoms with E-state index in [9.17, 15) is 9.59 Å². The molecule has 0 radical (unpaired) electrons. The van der Waals surface area contributed by atoms with E-state index in [1.807, 2.05) is 36.4 Å². The summed E-state index contributed by atoms with van der Waals surface area (Å²) in [7, 11) is 0. The zero-order valence-electron chi connectivity index (χ0n) is 12.8. The van der Waals surface area contributed by atoms with Crippen LogP contribution in [0.2, 0.25) is 0 Å². The Morgan fingerprint density at radius 3 is 2.26 bits per heavy atom. The summed E-state index contributed by atoms with van der Waals surface area (Å²) in [6.07, 6.45) is 1.16. The van der Waals surface area contributed by atoms with Gasteiger partial charge in [-0.05, 0) is 24.1 Å². The van der Waals surface area contributed by atoms with E-state index >= 15 is 0 Å². The number of hydrogen-bond acceptors (Lipinski definition) is 3. The Kier molecular flexibility index (Phi) is 6.69. The first-order valence-corrected chi connectivity index (χ1v) is 7.98. The molecule has 0 aliphatic carbocycles. The number of carbonyl (C=O) groups excluding carboxylic acids is 2. The Morgan fingerprint density at radius 2 is 1.52 bits per heavy atom. The fourth-order valence-electron chi connectivity index (χ4n) is 2.13. The van der Waals surface area contributed by atoms with Crippen LogP contribution in [0.5, 0.6) is 0 Å². The minimum absolute atomic E-state index is 0.0160. The lowest BCUT2D eigenvalue weighted by Gasteiger charge is -2.08. The molecule has 0 aliphatic rings. The topological polar surface area (TPSA) is 58.2 Å². The summed E-state index contributed by atoms with van der Waals surface area (Å²) in [6, 6.07) is 17.0. The smallest absolute Gasteiger partial charge is 0.252 e. The van der Waals surface area contributed by atoms with Gasteiger partial charge in [-0.2, -0.15) is 0 Å². The average molecular weight is 328 g/mol. The van der Waals surface area contributed by atoms with E-state index in [-0.39, 0.29) is 11.8 Å². The molecule has 0 aliphatic heterocycles. The molecule has 2 aromatic carbocycles. The van der Waals surface area contributed by atoms with E-state index in [1.54, 1.807) is 18.2 Å². The molecule has 0 saturated carbocycles. The maximum atomic E-state index is 11.9. The summed E-state index contributed by atoms with van der Waals surface area (Å²) in [6.45, 7) is 0.798. The molecular formula is C18H20N2O2S. The molecule has 0 aromatic heterocycles. The van der Waals surface area contributed by atoms with Crippen molar-refractivity contribution in [2.75, 3.05) is 13.1 Å². The van der Waals surface area contributed by atoms with Crippen LogP contribution in [0.25, 0.3) is 0 Å². The fraction of sp³-hybridized carbons (Fsp3) is 0.222. The summed E-state index contributed by atoms with van der Waals surface area (Å²) in [5.41, 5.74) is 1.67. The van der Waals surface area contributed by atoms with Crippen molar-refractivity contribution in [3.8, 4) is 0 Å². The molecule has 2 N–H and O–H groups in total. The van der Waals surface area contributed by atoms with Gasteiger partial charge in [-0.3, -0.25) is 9.59 Å². The zero-order chi connectivity index (χ0) is 16.5.